The van der Waals surface area contributed by atoms with E-state index in [4.69, 9.17) is 14.2 Å². The summed E-state index contributed by atoms with van der Waals surface area (Å²) in [5.41, 5.74) is 3.87. The van der Waals surface area contributed by atoms with Crippen LogP contribution in [0.25, 0.3) is 6.08 Å². The highest BCUT2D eigenvalue weighted by atomic mass is 127. The molecule has 1 aliphatic heterocycles. The summed E-state index contributed by atoms with van der Waals surface area (Å²) in [6.45, 7) is 4.78. The van der Waals surface area contributed by atoms with E-state index in [1.165, 1.54) is 0 Å². The van der Waals surface area contributed by atoms with Crippen molar-refractivity contribution < 1.29 is 19.0 Å². The molecule has 0 fully saturated rings. The number of hydrogen-bond acceptors (Lipinski definition) is 5. The molecule has 3 aromatic carbocycles. The lowest BCUT2D eigenvalue weighted by atomic mass is 10.1. The third-order valence-corrected chi connectivity index (χ3v) is 6.26. The molecular weight excluding hydrogens is 597 g/mol. The van der Waals surface area contributed by atoms with Crippen molar-refractivity contribution in [2.24, 2.45) is 4.99 Å². The summed E-state index contributed by atoms with van der Waals surface area (Å²) in [5.74, 6) is 1.12. The van der Waals surface area contributed by atoms with Gasteiger partial charge in [0.2, 0.25) is 5.90 Å². The van der Waals surface area contributed by atoms with Gasteiger partial charge < -0.3 is 14.2 Å². The lowest BCUT2D eigenvalue weighted by Crippen LogP contribution is -2.06. The molecule has 7 heteroatoms. The molecule has 3 aromatic rings. The van der Waals surface area contributed by atoms with Crippen molar-refractivity contribution in [1.29, 1.82) is 0 Å². The van der Waals surface area contributed by atoms with Crippen molar-refractivity contribution in [2.75, 3.05) is 6.61 Å². The van der Waals surface area contributed by atoms with Crippen LogP contribution in [0.2, 0.25) is 0 Å². The van der Waals surface area contributed by atoms with E-state index in [9.17, 15) is 4.79 Å². The van der Waals surface area contributed by atoms with Crippen molar-refractivity contribution in [2.45, 2.75) is 20.5 Å². The molecule has 0 unspecified atom stereocenters. The summed E-state index contributed by atoms with van der Waals surface area (Å²) in [4.78, 5) is 16.9. The van der Waals surface area contributed by atoms with Gasteiger partial charge in [-0.05, 0) is 89.5 Å². The van der Waals surface area contributed by atoms with Crippen LogP contribution in [-0.4, -0.2) is 18.5 Å². The number of halogens is 2. The number of ether oxygens (including phenoxy) is 3. The van der Waals surface area contributed by atoms with Gasteiger partial charge in [0.1, 0.15) is 6.61 Å². The summed E-state index contributed by atoms with van der Waals surface area (Å²) >= 11 is 5.66. The van der Waals surface area contributed by atoms with E-state index < -0.39 is 5.97 Å². The Hall–Kier alpha value is -2.65. The Morgan fingerprint density at radius 1 is 1.09 bits per heavy atom. The standard InChI is InChI=1S/C26H21BrINO4/c1-3-31-23-14-18(12-21(28)24(23)32-15-17-8-10-19(27)11-9-17)13-22-26(30)33-25(29-22)20-7-5-4-6-16(20)2/h4-14H,3,15H2,1-2H3/b22-13-. The maximum absolute atomic E-state index is 12.5. The van der Waals surface area contributed by atoms with E-state index in [1.54, 1.807) is 6.08 Å². The number of aryl methyl sites for hydroxylation is 1. The molecule has 0 N–H and O–H groups in total. The quantitative estimate of drug-likeness (QED) is 0.169. The largest absolute Gasteiger partial charge is 0.490 e. The second-order valence-corrected chi connectivity index (χ2v) is 9.41. The molecule has 0 bridgehead atoms. The van der Waals surface area contributed by atoms with Gasteiger partial charge >= 0.3 is 5.97 Å². The Balaban J connectivity index is 1.61. The average molecular weight is 618 g/mol. The minimum absolute atomic E-state index is 0.245. The van der Waals surface area contributed by atoms with Crippen LogP contribution in [0.4, 0.5) is 0 Å². The highest BCUT2D eigenvalue weighted by Crippen LogP contribution is 2.36. The number of cyclic esters (lactones) is 1. The number of rotatable bonds is 7. The first kappa shape index (κ1) is 23.5. The zero-order valence-electron chi connectivity index (χ0n) is 18.1. The molecule has 0 amide bonds. The number of esters is 1. The predicted molar refractivity (Wildman–Crippen MR) is 141 cm³/mol. The van der Waals surface area contributed by atoms with Crippen LogP contribution < -0.4 is 9.47 Å². The molecule has 0 atom stereocenters. The second-order valence-electron chi connectivity index (χ2n) is 7.33. The number of benzene rings is 3. The molecule has 168 valence electrons. The van der Waals surface area contributed by atoms with Crippen molar-refractivity contribution in [3.05, 3.63) is 96.7 Å². The number of aliphatic imine (C=N–C) groups is 1. The van der Waals surface area contributed by atoms with E-state index in [1.807, 2.05) is 74.5 Å². The molecule has 5 nitrogen and oxygen atoms in total. The second kappa shape index (κ2) is 10.5. The van der Waals surface area contributed by atoms with Crippen LogP contribution in [-0.2, 0) is 16.1 Å². The SMILES string of the molecule is CCOc1cc(/C=C2\N=C(c3ccccc3C)OC2=O)cc(I)c1OCc1ccc(Br)cc1. The molecule has 1 aliphatic rings. The molecule has 0 aliphatic carbocycles. The van der Waals surface area contributed by atoms with Crippen LogP contribution in [0.1, 0.15) is 29.2 Å². The van der Waals surface area contributed by atoms with Gasteiger partial charge in [-0.1, -0.05) is 46.3 Å². The van der Waals surface area contributed by atoms with Crippen LogP contribution in [0.15, 0.2) is 75.8 Å². The fraction of sp³-hybridized carbons (Fsp3) is 0.154. The highest BCUT2D eigenvalue weighted by Gasteiger charge is 2.25. The summed E-state index contributed by atoms with van der Waals surface area (Å²) in [6, 6.07) is 19.4. The highest BCUT2D eigenvalue weighted by molar-refractivity contribution is 14.1. The molecule has 0 radical (unpaired) electrons. The minimum atomic E-state index is -0.475. The Morgan fingerprint density at radius 2 is 1.85 bits per heavy atom. The number of carbonyl (C=O) groups is 1. The van der Waals surface area contributed by atoms with Gasteiger partial charge in [0.05, 0.1) is 10.2 Å². The van der Waals surface area contributed by atoms with E-state index >= 15 is 0 Å². The molecule has 1 heterocycles. The monoisotopic (exact) mass is 617 g/mol. The van der Waals surface area contributed by atoms with Crippen molar-refractivity contribution in [1.82, 2.24) is 0 Å². The van der Waals surface area contributed by atoms with E-state index in [-0.39, 0.29) is 5.70 Å². The Morgan fingerprint density at radius 3 is 2.58 bits per heavy atom. The number of carbonyl (C=O) groups excluding carboxylic acids is 1. The Bertz CT molecular complexity index is 1250. The maximum atomic E-state index is 12.5. The molecule has 4 rings (SSSR count). The third kappa shape index (κ3) is 5.65. The first-order valence-electron chi connectivity index (χ1n) is 10.4. The molecule has 0 aromatic heterocycles. The van der Waals surface area contributed by atoms with Crippen LogP contribution in [0, 0.1) is 10.5 Å². The molecule has 0 saturated heterocycles. The number of nitrogens with zero attached hydrogens (tertiary/aromatic N) is 1. The van der Waals surface area contributed by atoms with Gasteiger partial charge in [-0.3, -0.25) is 0 Å². The molecule has 0 saturated carbocycles. The lowest BCUT2D eigenvalue weighted by molar-refractivity contribution is -0.129. The predicted octanol–water partition coefficient (Wildman–Crippen LogP) is 6.68. The minimum Gasteiger partial charge on any atom is -0.490 e. The van der Waals surface area contributed by atoms with E-state index in [0.29, 0.717) is 30.6 Å². The first-order chi connectivity index (χ1) is 15.9. The van der Waals surface area contributed by atoms with Crippen molar-refractivity contribution in [3.8, 4) is 11.5 Å². The van der Waals surface area contributed by atoms with Crippen molar-refractivity contribution >= 4 is 56.5 Å². The molecular formula is C26H21BrINO4. The van der Waals surface area contributed by atoms with Gasteiger partial charge in [0, 0.05) is 10.0 Å². The third-order valence-electron chi connectivity index (χ3n) is 4.93. The fourth-order valence-electron chi connectivity index (χ4n) is 3.31. The van der Waals surface area contributed by atoms with Gasteiger partial charge in [-0.25, -0.2) is 9.79 Å². The van der Waals surface area contributed by atoms with Crippen LogP contribution in [0.5, 0.6) is 11.5 Å². The average Bonchev–Trinajstić information content (AvgIpc) is 3.15. The van der Waals surface area contributed by atoms with Gasteiger partial charge in [0.15, 0.2) is 17.2 Å². The normalized spacial score (nSPS) is 14.2. The smallest absolute Gasteiger partial charge is 0.363 e. The van der Waals surface area contributed by atoms with E-state index in [2.05, 4.69) is 43.5 Å². The Kier molecular flexibility index (Phi) is 7.49. The number of hydrogen-bond donors (Lipinski definition) is 0. The van der Waals surface area contributed by atoms with Gasteiger partial charge in [-0.2, -0.15) is 0 Å². The summed E-state index contributed by atoms with van der Waals surface area (Å²) in [6.07, 6.45) is 1.71. The van der Waals surface area contributed by atoms with Gasteiger partial charge in [0.25, 0.3) is 0 Å². The molecule has 0 spiro atoms. The van der Waals surface area contributed by atoms with E-state index in [0.717, 1.165) is 30.3 Å². The summed E-state index contributed by atoms with van der Waals surface area (Å²) < 4.78 is 19.3. The summed E-state index contributed by atoms with van der Waals surface area (Å²) in [5, 5.41) is 0. The topological polar surface area (TPSA) is 57.1 Å². The molecule has 33 heavy (non-hydrogen) atoms. The fourth-order valence-corrected chi connectivity index (χ4v) is 4.35. The zero-order chi connectivity index (χ0) is 23.4. The van der Waals surface area contributed by atoms with Crippen molar-refractivity contribution in [3.63, 3.8) is 0 Å². The Labute approximate surface area is 214 Å². The van der Waals surface area contributed by atoms with Gasteiger partial charge in [-0.15, -0.1) is 0 Å². The zero-order valence-corrected chi connectivity index (χ0v) is 21.8. The summed E-state index contributed by atoms with van der Waals surface area (Å²) in [7, 11) is 0. The lowest BCUT2D eigenvalue weighted by Gasteiger charge is -2.15. The van der Waals surface area contributed by atoms with Crippen LogP contribution in [0.3, 0.4) is 0 Å². The maximum Gasteiger partial charge on any atom is 0.363 e. The first-order valence-corrected chi connectivity index (χ1v) is 12.2. The van der Waals surface area contributed by atoms with Crippen LogP contribution >= 0.6 is 38.5 Å².